The smallest absolute Gasteiger partial charge is 0.229 e. The lowest BCUT2D eigenvalue weighted by Crippen LogP contribution is -2.37. The van der Waals surface area contributed by atoms with Crippen LogP contribution in [-0.4, -0.2) is 57.1 Å². The first-order chi connectivity index (χ1) is 13.8. The molecule has 1 heterocycles. The van der Waals surface area contributed by atoms with E-state index in [0.29, 0.717) is 28.4 Å². The van der Waals surface area contributed by atoms with E-state index in [0.717, 1.165) is 0 Å². The Morgan fingerprint density at radius 3 is 2.47 bits per heavy atom. The van der Waals surface area contributed by atoms with Crippen LogP contribution < -0.4 is 4.90 Å². The summed E-state index contributed by atoms with van der Waals surface area (Å²) < 4.78 is 39.1. The van der Waals surface area contributed by atoms with Crippen molar-refractivity contribution in [2.45, 2.75) is 11.3 Å². The highest BCUT2D eigenvalue weighted by molar-refractivity contribution is 7.91. The highest BCUT2D eigenvalue weighted by Gasteiger charge is 2.23. The molecule has 0 aliphatic heterocycles. The van der Waals surface area contributed by atoms with E-state index in [2.05, 4.69) is 4.98 Å². The van der Waals surface area contributed by atoms with Crippen LogP contribution in [0.15, 0.2) is 53.4 Å². The largest absolute Gasteiger partial charge is 0.308 e. The standard InChI is InChI=1S/C20H22FN3O3S2.ClH/c1-23(2)11-12-24(20-22-17-9-8-15(21)14-18(17)28-20)19(25)10-13-29(26,27)16-6-4-3-5-7-16;/h3-9,14H,10-13H2,1-2H3;1H. The summed E-state index contributed by atoms with van der Waals surface area (Å²) in [5.41, 5.74) is 0.603. The molecule has 0 bridgehead atoms. The highest BCUT2D eigenvalue weighted by Crippen LogP contribution is 2.30. The van der Waals surface area contributed by atoms with E-state index in [1.807, 2.05) is 19.0 Å². The molecule has 30 heavy (non-hydrogen) atoms. The van der Waals surface area contributed by atoms with Crippen LogP contribution in [0.2, 0.25) is 0 Å². The summed E-state index contributed by atoms with van der Waals surface area (Å²) in [6.07, 6.45) is -0.158. The van der Waals surface area contributed by atoms with Crippen LogP contribution in [0.5, 0.6) is 0 Å². The number of aromatic nitrogens is 1. The third kappa shape index (κ3) is 5.98. The maximum absolute atomic E-state index is 13.5. The first-order valence-corrected chi connectivity index (χ1v) is 11.5. The molecule has 162 valence electrons. The van der Waals surface area contributed by atoms with E-state index < -0.39 is 9.84 Å². The molecule has 0 fully saturated rings. The van der Waals surface area contributed by atoms with Gasteiger partial charge in [0.1, 0.15) is 5.82 Å². The normalized spacial score (nSPS) is 11.5. The van der Waals surface area contributed by atoms with E-state index in [-0.39, 0.29) is 41.2 Å². The average molecular weight is 472 g/mol. The van der Waals surface area contributed by atoms with Gasteiger partial charge in [0.2, 0.25) is 5.91 Å². The molecule has 0 atom stereocenters. The molecule has 0 saturated heterocycles. The minimum atomic E-state index is -3.56. The van der Waals surface area contributed by atoms with Gasteiger partial charge < -0.3 is 4.90 Å². The lowest BCUT2D eigenvalue weighted by molar-refractivity contribution is -0.118. The minimum Gasteiger partial charge on any atom is -0.308 e. The quantitative estimate of drug-likeness (QED) is 0.502. The van der Waals surface area contributed by atoms with Gasteiger partial charge in [-0.1, -0.05) is 29.5 Å². The fourth-order valence-electron chi connectivity index (χ4n) is 2.73. The summed E-state index contributed by atoms with van der Waals surface area (Å²) in [7, 11) is 0.213. The van der Waals surface area contributed by atoms with Crippen molar-refractivity contribution in [3.05, 3.63) is 54.3 Å². The Bertz CT molecular complexity index is 1100. The Morgan fingerprint density at radius 2 is 1.80 bits per heavy atom. The van der Waals surface area contributed by atoms with E-state index >= 15 is 0 Å². The summed E-state index contributed by atoms with van der Waals surface area (Å²) >= 11 is 1.22. The van der Waals surface area contributed by atoms with E-state index in [4.69, 9.17) is 0 Å². The third-order valence-corrected chi connectivity index (χ3v) is 7.10. The van der Waals surface area contributed by atoms with Crippen LogP contribution in [0.1, 0.15) is 6.42 Å². The van der Waals surface area contributed by atoms with Crippen LogP contribution in [0.25, 0.3) is 10.2 Å². The highest BCUT2D eigenvalue weighted by atomic mass is 35.5. The zero-order valence-corrected chi connectivity index (χ0v) is 19.1. The maximum atomic E-state index is 13.5. The van der Waals surface area contributed by atoms with Crippen molar-refractivity contribution >= 4 is 54.8 Å². The summed E-state index contributed by atoms with van der Waals surface area (Å²) in [5.74, 6) is -0.980. The van der Waals surface area contributed by atoms with Crippen molar-refractivity contribution in [1.29, 1.82) is 0 Å². The van der Waals surface area contributed by atoms with Crippen LogP contribution in [0.3, 0.4) is 0 Å². The van der Waals surface area contributed by atoms with Crippen molar-refractivity contribution in [3.63, 3.8) is 0 Å². The van der Waals surface area contributed by atoms with Gasteiger partial charge >= 0.3 is 0 Å². The van der Waals surface area contributed by atoms with Crippen molar-refractivity contribution in [2.75, 3.05) is 37.8 Å². The molecule has 0 unspecified atom stereocenters. The van der Waals surface area contributed by atoms with Crippen LogP contribution in [0, 0.1) is 5.82 Å². The third-order valence-electron chi connectivity index (χ3n) is 4.33. The van der Waals surface area contributed by atoms with Gasteiger partial charge in [-0.05, 0) is 44.4 Å². The number of anilines is 1. The Labute approximate surface area is 185 Å². The number of hydrogen-bond acceptors (Lipinski definition) is 6. The van der Waals surface area contributed by atoms with Gasteiger partial charge in [-0.2, -0.15) is 0 Å². The van der Waals surface area contributed by atoms with Gasteiger partial charge in [-0.3, -0.25) is 9.69 Å². The molecule has 0 spiro atoms. The number of amides is 1. The van der Waals surface area contributed by atoms with Gasteiger partial charge in [0.15, 0.2) is 15.0 Å². The predicted molar refractivity (Wildman–Crippen MR) is 121 cm³/mol. The Balaban J connectivity index is 0.00000320. The van der Waals surface area contributed by atoms with Gasteiger partial charge in [0.25, 0.3) is 0 Å². The van der Waals surface area contributed by atoms with Crippen molar-refractivity contribution < 1.29 is 17.6 Å². The molecule has 2 aromatic carbocycles. The zero-order chi connectivity index (χ0) is 21.0. The molecule has 0 aliphatic carbocycles. The SMILES string of the molecule is CN(C)CCN(C(=O)CCS(=O)(=O)c1ccccc1)c1nc2ccc(F)cc2s1.Cl. The second kappa shape index (κ2) is 10.3. The van der Waals surface area contributed by atoms with E-state index in [1.54, 1.807) is 24.3 Å². The van der Waals surface area contributed by atoms with Crippen molar-refractivity contribution in [2.24, 2.45) is 0 Å². The number of likely N-dealkylation sites (N-methyl/N-ethyl adjacent to an activating group) is 1. The number of rotatable bonds is 8. The topological polar surface area (TPSA) is 70.6 Å². The van der Waals surface area contributed by atoms with Crippen molar-refractivity contribution in [1.82, 2.24) is 9.88 Å². The molecule has 3 rings (SSSR count). The number of carbonyl (C=O) groups is 1. The summed E-state index contributed by atoms with van der Waals surface area (Å²) in [6.45, 7) is 0.945. The number of thiazole rings is 1. The molecule has 3 aromatic rings. The van der Waals surface area contributed by atoms with E-state index in [1.165, 1.54) is 40.5 Å². The molecule has 6 nitrogen and oxygen atoms in total. The number of halogens is 2. The van der Waals surface area contributed by atoms with Crippen LogP contribution in [-0.2, 0) is 14.6 Å². The lowest BCUT2D eigenvalue weighted by Gasteiger charge is -2.22. The molecule has 0 saturated carbocycles. The van der Waals surface area contributed by atoms with E-state index in [9.17, 15) is 17.6 Å². The number of nitrogens with zero attached hydrogens (tertiary/aromatic N) is 3. The summed E-state index contributed by atoms with van der Waals surface area (Å²) in [5, 5.41) is 0.439. The van der Waals surface area contributed by atoms with Crippen molar-refractivity contribution in [3.8, 4) is 0 Å². The van der Waals surface area contributed by atoms with Crippen LogP contribution in [0.4, 0.5) is 9.52 Å². The first-order valence-electron chi connectivity index (χ1n) is 9.05. The Kier molecular flexibility index (Phi) is 8.31. The fourth-order valence-corrected chi connectivity index (χ4v) is 5.02. The number of hydrogen-bond donors (Lipinski definition) is 0. The molecule has 0 aliphatic rings. The number of carbonyl (C=O) groups excluding carboxylic acids is 1. The molecule has 0 radical (unpaired) electrons. The maximum Gasteiger partial charge on any atom is 0.229 e. The number of benzene rings is 2. The second-order valence-corrected chi connectivity index (χ2v) is 9.96. The van der Waals surface area contributed by atoms with Gasteiger partial charge in [0, 0.05) is 19.5 Å². The van der Waals surface area contributed by atoms with Gasteiger partial charge in [-0.25, -0.2) is 17.8 Å². The Morgan fingerprint density at radius 1 is 1.10 bits per heavy atom. The van der Waals surface area contributed by atoms with Gasteiger partial charge in [-0.15, -0.1) is 12.4 Å². The monoisotopic (exact) mass is 471 g/mol. The number of fused-ring (bicyclic) bond motifs is 1. The Hall–Kier alpha value is -2.07. The average Bonchev–Trinajstić information content (AvgIpc) is 3.09. The fraction of sp³-hybridized carbons (Fsp3) is 0.300. The summed E-state index contributed by atoms with van der Waals surface area (Å²) in [6, 6.07) is 12.4. The first kappa shape index (κ1) is 24.2. The molecular weight excluding hydrogens is 449 g/mol. The van der Waals surface area contributed by atoms with Crippen LogP contribution >= 0.6 is 23.7 Å². The summed E-state index contributed by atoms with van der Waals surface area (Å²) in [4.78, 5) is 21.0. The molecule has 1 amide bonds. The zero-order valence-electron chi connectivity index (χ0n) is 16.6. The second-order valence-electron chi connectivity index (χ2n) is 6.84. The number of sulfone groups is 1. The van der Waals surface area contributed by atoms with Gasteiger partial charge in [0.05, 0.1) is 20.9 Å². The molecule has 1 aromatic heterocycles. The predicted octanol–water partition coefficient (Wildman–Crippen LogP) is 3.62. The molecular formula is C20H23ClFN3O3S2. The minimum absolute atomic E-state index is 0. The molecule has 0 N–H and O–H groups in total. The molecule has 10 heteroatoms. The lowest BCUT2D eigenvalue weighted by atomic mass is 10.3.